The fourth-order valence-corrected chi connectivity index (χ4v) is 2.39. The molecule has 23 heavy (non-hydrogen) atoms. The van der Waals surface area contributed by atoms with Crippen molar-refractivity contribution in [3.63, 3.8) is 0 Å². The number of thioether (sulfide) groups is 1. The van der Waals surface area contributed by atoms with Crippen molar-refractivity contribution >= 4 is 41.6 Å². The molecule has 1 N–H and O–H groups in total. The maximum Gasteiger partial charge on any atom is 0.343 e. The zero-order valence-electron chi connectivity index (χ0n) is 13.5. The minimum atomic E-state index is -0.427. The molecule has 0 atom stereocenters. The molecule has 0 fully saturated rings. The predicted octanol–water partition coefficient (Wildman–Crippen LogP) is 4.16. The van der Waals surface area contributed by atoms with E-state index < -0.39 is 5.97 Å². The van der Waals surface area contributed by atoms with Crippen molar-refractivity contribution in [2.75, 3.05) is 18.2 Å². The highest BCUT2D eigenvalue weighted by molar-refractivity contribution is 7.98. The first kappa shape index (κ1) is 19.3. The van der Waals surface area contributed by atoms with E-state index in [2.05, 4.69) is 15.3 Å². The van der Waals surface area contributed by atoms with Gasteiger partial charge in [-0.2, -0.15) is 0 Å². The maximum absolute atomic E-state index is 12.1. The average molecular weight is 354 g/mol. The number of esters is 1. The molecular weight excluding hydrogens is 334 g/mol. The van der Waals surface area contributed by atoms with E-state index in [1.165, 1.54) is 18.0 Å². The van der Waals surface area contributed by atoms with E-state index >= 15 is 0 Å². The Morgan fingerprint density at radius 1 is 1.30 bits per heavy atom. The number of ether oxygens (including phenoxy) is 1. The van der Waals surface area contributed by atoms with Gasteiger partial charge >= 0.3 is 5.97 Å². The van der Waals surface area contributed by atoms with E-state index in [0.717, 1.165) is 16.8 Å². The van der Waals surface area contributed by atoms with Crippen LogP contribution in [-0.4, -0.2) is 28.8 Å². The van der Waals surface area contributed by atoms with E-state index in [-0.39, 0.29) is 12.4 Å². The number of halogens is 1. The average Bonchev–Trinajstić information content (AvgIpc) is 2.51. The molecule has 0 radical (unpaired) electrons. The number of aryl methyl sites for hydroxylation is 2. The number of carbonyl (C=O) groups is 1. The zero-order valence-corrected chi connectivity index (χ0v) is 15.2. The van der Waals surface area contributed by atoms with E-state index in [0.29, 0.717) is 23.1 Å². The van der Waals surface area contributed by atoms with E-state index in [9.17, 15) is 4.79 Å². The van der Waals surface area contributed by atoms with Gasteiger partial charge in [0.2, 0.25) is 0 Å². The Hall–Kier alpha value is -1.79. The van der Waals surface area contributed by atoms with Gasteiger partial charge in [0.05, 0.1) is 6.61 Å². The van der Waals surface area contributed by atoms with Crippen LogP contribution in [-0.2, 0) is 4.74 Å². The van der Waals surface area contributed by atoms with Crippen LogP contribution in [0.2, 0.25) is 0 Å². The number of nitrogens with zero attached hydrogens (tertiary/aromatic N) is 2. The highest BCUT2D eigenvalue weighted by Gasteiger charge is 2.17. The highest BCUT2D eigenvalue weighted by atomic mass is 35.5. The summed E-state index contributed by atoms with van der Waals surface area (Å²) in [6.07, 6.45) is 3.40. The molecule has 124 valence electrons. The van der Waals surface area contributed by atoms with E-state index in [4.69, 9.17) is 4.74 Å². The third kappa shape index (κ3) is 4.59. The molecule has 0 saturated heterocycles. The fraction of sp³-hybridized carbons (Fsp3) is 0.312. The summed E-state index contributed by atoms with van der Waals surface area (Å²) in [5.74, 6) is 0.0408. The molecule has 0 aliphatic rings. The molecule has 2 rings (SSSR count). The minimum absolute atomic E-state index is 0. The number of benzene rings is 1. The van der Waals surface area contributed by atoms with Gasteiger partial charge in [0.25, 0.3) is 0 Å². The first-order valence-electron chi connectivity index (χ1n) is 6.98. The Morgan fingerprint density at radius 2 is 1.96 bits per heavy atom. The van der Waals surface area contributed by atoms with Crippen LogP contribution in [0.15, 0.2) is 29.6 Å². The fourth-order valence-electron chi connectivity index (χ4n) is 2.05. The second-order valence-corrected chi connectivity index (χ2v) is 5.50. The van der Waals surface area contributed by atoms with Crippen molar-refractivity contribution in [1.29, 1.82) is 0 Å². The number of carbonyl (C=O) groups excluding carboxylic acids is 1. The summed E-state index contributed by atoms with van der Waals surface area (Å²) < 4.78 is 5.07. The topological polar surface area (TPSA) is 64.1 Å². The largest absolute Gasteiger partial charge is 0.462 e. The van der Waals surface area contributed by atoms with Crippen LogP contribution < -0.4 is 5.32 Å². The van der Waals surface area contributed by atoms with E-state index in [1.54, 1.807) is 6.92 Å². The lowest BCUT2D eigenvalue weighted by Gasteiger charge is -2.14. The Kier molecular flexibility index (Phi) is 7.32. The van der Waals surface area contributed by atoms with Crippen molar-refractivity contribution < 1.29 is 9.53 Å². The van der Waals surface area contributed by atoms with Crippen molar-refractivity contribution in [3.05, 3.63) is 41.1 Å². The number of anilines is 2. The van der Waals surface area contributed by atoms with Crippen LogP contribution in [0.3, 0.4) is 0 Å². The van der Waals surface area contributed by atoms with Crippen LogP contribution in [0.5, 0.6) is 0 Å². The van der Waals surface area contributed by atoms with Crippen LogP contribution in [0.25, 0.3) is 0 Å². The van der Waals surface area contributed by atoms with Crippen molar-refractivity contribution in [1.82, 2.24) is 9.97 Å². The van der Waals surface area contributed by atoms with Gasteiger partial charge in [-0.3, -0.25) is 0 Å². The molecule has 2 aromatic rings. The first-order valence-corrected chi connectivity index (χ1v) is 8.20. The third-order valence-corrected chi connectivity index (χ3v) is 3.73. The van der Waals surface area contributed by atoms with Gasteiger partial charge in [-0.05, 0) is 38.2 Å². The highest BCUT2D eigenvalue weighted by Crippen LogP contribution is 2.26. The quantitative estimate of drug-likeness (QED) is 0.494. The number of hydrogen-bond donors (Lipinski definition) is 1. The number of nitrogens with one attached hydrogen (secondary N) is 1. The summed E-state index contributed by atoms with van der Waals surface area (Å²) in [6.45, 7) is 6.10. The molecule has 5 nitrogen and oxygen atoms in total. The molecule has 1 aromatic carbocycles. The molecule has 1 aromatic heterocycles. The van der Waals surface area contributed by atoms with Gasteiger partial charge in [-0.1, -0.05) is 30.0 Å². The van der Waals surface area contributed by atoms with Gasteiger partial charge in [0.1, 0.15) is 11.4 Å². The lowest BCUT2D eigenvalue weighted by molar-refractivity contribution is 0.0526. The lowest BCUT2D eigenvalue weighted by atomic mass is 10.1. The number of hydrogen-bond acceptors (Lipinski definition) is 6. The zero-order chi connectivity index (χ0) is 16.1. The summed E-state index contributed by atoms with van der Waals surface area (Å²) in [6, 6.07) is 6.02. The second-order valence-electron chi connectivity index (χ2n) is 4.73. The monoisotopic (exact) mass is 353 g/mol. The smallest absolute Gasteiger partial charge is 0.343 e. The SMILES string of the molecule is CCOC(=O)c1cnc(SC)nc1Nc1c(C)cccc1C.Cl. The van der Waals surface area contributed by atoms with Crippen molar-refractivity contribution in [2.24, 2.45) is 0 Å². The number of para-hydroxylation sites is 1. The Balaban J connectivity index is 0.00000264. The number of rotatable bonds is 5. The second kappa shape index (κ2) is 8.74. The van der Waals surface area contributed by atoms with Crippen LogP contribution in [0.1, 0.15) is 28.4 Å². The summed E-state index contributed by atoms with van der Waals surface area (Å²) in [4.78, 5) is 20.6. The van der Waals surface area contributed by atoms with E-state index in [1.807, 2.05) is 38.3 Å². The molecule has 1 heterocycles. The van der Waals surface area contributed by atoms with Gasteiger partial charge in [0.15, 0.2) is 5.16 Å². The van der Waals surface area contributed by atoms with Gasteiger partial charge < -0.3 is 10.1 Å². The van der Waals surface area contributed by atoms with Gasteiger partial charge in [0, 0.05) is 11.9 Å². The summed E-state index contributed by atoms with van der Waals surface area (Å²) in [5.41, 5.74) is 3.44. The van der Waals surface area contributed by atoms with Gasteiger partial charge in [-0.25, -0.2) is 14.8 Å². The molecule has 0 aliphatic carbocycles. The Morgan fingerprint density at radius 3 is 2.52 bits per heavy atom. The van der Waals surface area contributed by atoms with Crippen molar-refractivity contribution in [2.45, 2.75) is 25.9 Å². The summed E-state index contributed by atoms with van der Waals surface area (Å²) >= 11 is 1.42. The molecule has 0 spiro atoms. The summed E-state index contributed by atoms with van der Waals surface area (Å²) in [7, 11) is 0. The van der Waals surface area contributed by atoms with Crippen LogP contribution in [0, 0.1) is 13.8 Å². The first-order chi connectivity index (χ1) is 10.6. The molecule has 0 amide bonds. The predicted molar refractivity (Wildman–Crippen MR) is 96.2 cm³/mol. The van der Waals surface area contributed by atoms with Gasteiger partial charge in [-0.15, -0.1) is 12.4 Å². The minimum Gasteiger partial charge on any atom is -0.462 e. The number of aromatic nitrogens is 2. The maximum atomic E-state index is 12.1. The Labute approximate surface area is 146 Å². The van der Waals surface area contributed by atoms with Crippen LogP contribution in [0.4, 0.5) is 11.5 Å². The molecule has 7 heteroatoms. The third-order valence-electron chi connectivity index (χ3n) is 3.17. The molecule has 0 saturated carbocycles. The summed E-state index contributed by atoms with van der Waals surface area (Å²) in [5, 5.41) is 3.86. The molecule has 0 aliphatic heterocycles. The molecule has 0 unspecified atom stereocenters. The molecular formula is C16H20ClN3O2S. The normalized spacial score (nSPS) is 9.91. The van der Waals surface area contributed by atoms with Crippen molar-refractivity contribution in [3.8, 4) is 0 Å². The Bertz CT molecular complexity index is 675. The lowest BCUT2D eigenvalue weighted by Crippen LogP contribution is -2.11. The standard InChI is InChI=1S/C16H19N3O2S.ClH/c1-5-21-15(20)12-9-17-16(22-4)19-14(12)18-13-10(2)7-6-8-11(13)3;/h6-9H,5H2,1-4H3,(H,17,18,19);1H. The van der Waals surface area contributed by atoms with Crippen LogP contribution >= 0.6 is 24.2 Å². The molecule has 0 bridgehead atoms.